The number of hydrogen-bond donors (Lipinski definition) is 1. The van der Waals surface area contributed by atoms with Crippen LogP contribution in [0, 0.1) is 0 Å². The molecule has 0 radical (unpaired) electrons. The van der Waals surface area contributed by atoms with Gasteiger partial charge in [-0.1, -0.05) is 32.0 Å². The standard InChI is InChI=1S/C11H22N2S/c1-5-7-9(6-2)12-10-13-11(3,4)8-14-10/h9H,5-8H2,1-4H3,(H,12,13). The number of thioether (sulfide) groups is 1. The normalized spacial score (nSPS) is 25.0. The summed E-state index contributed by atoms with van der Waals surface area (Å²) in [6.45, 7) is 8.89. The van der Waals surface area contributed by atoms with Crippen molar-refractivity contribution in [3.05, 3.63) is 0 Å². The van der Waals surface area contributed by atoms with Crippen molar-refractivity contribution in [2.75, 3.05) is 5.75 Å². The van der Waals surface area contributed by atoms with E-state index in [1.165, 1.54) is 12.8 Å². The SMILES string of the molecule is CCCC(CC)N=C1NC(C)(C)CS1. The van der Waals surface area contributed by atoms with Crippen LogP contribution in [0.15, 0.2) is 4.99 Å². The van der Waals surface area contributed by atoms with Crippen molar-refractivity contribution in [1.29, 1.82) is 0 Å². The fourth-order valence-electron chi connectivity index (χ4n) is 1.54. The van der Waals surface area contributed by atoms with Crippen molar-refractivity contribution in [1.82, 2.24) is 5.32 Å². The summed E-state index contributed by atoms with van der Waals surface area (Å²) in [6, 6.07) is 0.517. The van der Waals surface area contributed by atoms with Crippen LogP contribution in [-0.2, 0) is 0 Å². The topological polar surface area (TPSA) is 24.4 Å². The van der Waals surface area contributed by atoms with Gasteiger partial charge in [-0.05, 0) is 26.7 Å². The highest BCUT2D eigenvalue weighted by Crippen LogP contribution is 2.23. The maximum absolute atomic E-state index is 4.75. The Balaban J connectivity index is 2.51. The Bertz CT molecular complexity index is 211. The first-order valence-corrected chi connectivity index (χ1v) is 6.54. The second kappa shape index (κ2) is 5.06. The Morgan fingerprint density at radius 2 is 2.21 bits per heavy atom. The molecule has 0 saturated carbocycles. The zero-order valence-electron chi connectivity index (χ0n) is 9.76. The Labute approximate surface area is 92.0 Å². The zero-order chi connectivity index (χ0) is 10.6. The second-order valence-electron chi connectivity index (χ2n) is 4.58. The molecule has 0 aromatic carbocycles. The molecule has 3 heteroatoms. The van der Waals surface area contributed by atoms with Crippen LogP contribution in [0.5, 0.6) is 0 Å². The van der Waals surface area contributed by atoms with Crippen LogP contribution in [0.3, 0.4) is 0 Å². The minimum Gasteiger partial charge on any atom is -0.359 e. The van der Waals surface area contributed by atoms with E-state index in [2.05, 4.69) is 33.0 Å². The highest BCUT2D eigenvalue weighted by Gasteiger charge is 2.27. The number of nitrogens with one attached hydrogen (secondary N) is 1. The van der Waals surface area contributed by atoms with Crippen molar-refractivity contribution in [2.24, 2.45) is 4.99 Å². The van der Waals surface area contributed by atoms with E-state index in [0.717, 1.165) is 17.3 Å². The van der Waals surface area contributed by atoms with Gasteiger partial charge in [0.15, 0.2) is 5.17 Å². The molecule has 1 rings (SSSR count). The maximum Gasteiger partial charge on any atom is 0.157 e. The molecule has 2 nitrogen and oxygen atoms in total. The Hall–Kier alpha value is -0.180. The molecule has 1 N–H and O–H groups in total. The molecular weight excluding hydrogens is 192 g/mol. The van der Waals surface area contributed by atoms with Gasteiger partial charge >= 0.3 is 0 Å². The molecule has 0 spiro atoms. The van der Waals surface area contributed by atoms with Gasteiger partial charge in [0.25, 0.3) is 0 Å². The molecule has 1 heterocycles. The summed E-state index contributed by atoms with van der Waals surface area (Å²) < 4.78 is 0. The van der Waals surface area contributed by atoms with Crippen LogP contribution in [0.1, 0.15) is 47.0 Å². The van der Waals surface area contributed by atoms with Gasteiger partial charge in [0.1, 0.15) is 0 Å². The Morgan fingerprint density at radius 1 is 1.50 bits per heavy atom. The van der Waals surface area contributed by atoms with Gasteiger partial charge in [-0.15, -0.1) is 0 Å². The predicted molar refractivity (Wildman–Crippen MR) is 66.1 cm³/mol. The summed E-state index contributed by atoms with van der Waals surface area (Å²) in [6.07, 6.45) is 3.59. The Kier molecular flexibility index (Phi) is 4.30. The van der Waals surface area contributed by atoms with Crippen LogP contribution in [0.25, 0.3) is 0 Å². The molecule has 0 aromatic rings. The van der Waals surface area contributed by atoms with Crippen molar-refractivity contribution in [2.45, 2.75) is 58.5 Å². The third-order valence-corrected chi connectivity index (χ3v) is 3.75. The molecule has 1 atom stereocenters. The largest absolute Gasteiger partial charge is 0.359 e. The predicted octanol–water partition coefficient (Wildman–Crippen LogP) is 3.04. The summed E-state index contributed by atoms with van der Waals surface area (Å²) >= 11 is 1.86. The van der Waals surface area contributed by atoms with Gasteiger partial charge in [0.05, 0.1) is 6.04 Å². The molecule has 0 aromatic heterocycles. The van der Waals surface area contributed by atoms with Crippen molar-refractivity contribution < 1.29 is 0 Å². The van der Waals surface area contributed by atoms with Gasteiger partial charge in [-0.25, -0.2) is 0 Å². The van der Waals surface area contributed by atoms with E-state index in [-0.39, 0.29) is 5.54 Å². The van der Waals surface area contributed by atoms with E-state index < -0.39 is 0 Å². The number of aliphatic imine (C=N–C) groups is 1. The molecule has 1 aliphatic rings. The van der Waals surface area contributed by atoms with E-state index in [4.69, 9.17) is 4.99 Å². The van der Waals surface area contributed by atoms with Gasteiger partial charge in [-0.2, -0.15) is 0 Å². The molecule has 0 bridgehead atoms. The average molecular weight is 214 g/mol. The lowest BCUT2D eigenvalue weighted by atomic mass is 10.1. The third-order valence-electron chi connectivity index (χ3n) is 2.41. The molecule has 1 fully saturated rings. The first-order chi connectivity index (χ1) is 6.57. The van der Waals surface area contributed by atoms with Crippen LogP contribution in [0.4, 0.5) is 0 Å². The molecule has 14 heavy (non-hydrogen) atoms. The molecule has 0 aliphatic carbocycles. The van der Waals surface area contributed by atoms with Crippen LogP contribution in [-0.4, -0.2) is 22.5 Å². The fraction of sp³-hybridized carbons (Fsp3) is 0.909. The third kappa shape index (κ3) is 3.52. The molecular formula is C11H22N2S. The zero-order valence-corrected chi connectivity index (χ0v) is 10.6. The number of amidine groups is 1. The quantitative estimate of drug-likeness (QED) is 0.778. The van der Waals surface area contributed by atoms with Gasteiger partial charge in [-0.3, -0.25) is 4.99 Å². The number of rotatable bonds is 4. The Morgan fingerprint density at radius 3 is 2.64 bits per heavy atom. The minimum atomic E-state index is 0.230. The minimum absolute atomic E-state index is 0.230. The number of hydrogen-bond acceptors (Lipinski definition) is 2. The second-order valence-corrected chi connectivity index (χ2v) is 5.55. The van der Waals surface area contributed by atoms with Crippen LogP contribution < -0.4 is 5.32 Å². The molecule has 82 valence electrons. The van der Waals surface area contributed by atoms with Gasteiger partial charge in [0.2, 0.25) is 0 Å². The molecule has 1 unspecified atom stereocenters. The average Bonchev–Trinajstić information content (AvgIpc) is 2.45. The van der Waals surface area contributed by atoms with E-state index in [1.807, 2.05) is 11.8 Å². The van der Waals surface area contributed by atoms with E-state index >= 15 is 0 Å². The smallest absolute Gasteiger partial charge is 0.157 e. The fourth-order valence-corrected chi connectivity index (χ4v) is 2.68. The molecule has 0 amide bonds. The van der Waals surface area contributed by atoms with Gasteiger partial charge in [0, 0.05) is 11.3 Å². The summed E-state index contributed by atoms with van der Waals surface area (Å²) in [7, 11) is 0. The van der Waals surface area contributed by atoms with E-state index in [1.54, 1.807) is 0 Å². The maximum atomic E-state index is 4.75. The van der Waals surface area contributed by atoms with Crippen LogP contribution >= 0.6 is 11.8 Å². The lowest BCUT2D eigenvalue weighted by Crippen LogP contribution is -2.37. The lowest BCUT2D eigenvalue weighted by Gasteiger charge is -2.16. The highest BCUT2D eigenvalue weighted by atomic mass is 32.2. The van der Waals surface area contributed by atoms with E-state index in [9.17, 15) is 0 Å². The first kappa shape index (κ1) is 11.9. The van der Waals surface area contributed by atoms with Crippen molar-refractivity contribution in [3.8, 4) is 0 Å². The van der Waals surface area contributed by atoms with Crippen LogP contribution in [0.2, 0.25) is 0 Å². The van der Waals surface area contributed by atoms with Crippen molar-refractivity contribution >= 4 is 16.9 Å². The molecule has 1 saturated heterocycles. The lowest BCUT2D eigenvalue weighted by molar-refractivity contribution is 0.529. The summed E-state index contributed by atoms with van der Waals surface area (Å²) in [5.41, 5.74) is 0.230. The van der Waals surface area contributed by atoms with Gasteiger partial charge < -0.3 is 5.32 Å². The summed E-state index contributed by atoms with van der Waals surface area (Å²) in [5.74, 6) is 1.13. The molecule has 1 aliphatic heterocycles. The number of nitrogens with zero attached hydrogens (tertiary/aromatic N) is 1. The summed E-state index contributed by atoms with van der Waals surface area (Å²) in [5, 5.41) is 4.61. The summed E-state index contributed by atoms with van der Waals surface area (Å²) in [4.78, 5) is 4.75. The van der Waals surface area contributed by atoms with E-state index in [0.29, 0.717) is 6.04 Å². The monoisotopic (exact) mass is 214 g/mol. The first-order valence-electron chi connectivity index (χ1n) is 5.56. The van der Waals surface area contributed by atoms with Crippen molar-refractivity contribution in [3.63, 3.8) is 0 Å². The highest BCUT2D eigenvalue weighted by molar-refractivity contribution is 8.14.